The van der Waals surface area contributed by atoms with E-state index in [9.17, 15) is 4.79 Å². The predicted octanol–water partition coefficient (Wildman–Crippen LogP) is 0.851. The van der Waals surface area contributed by atoms with Crippen molar-refractivity contribution in [2.45, 2.75) is 26.2 Å². The number of aromatic nitrogens is 1. The number of allylic oxidation sites excluding steroid dienone is 1. The molecule has 0 radical (unpaired) electrons. The fourth-order valence-corrected chi connectivity index (χ4v) is 3.93. The number of hydrogen-bond acceptors (Lipinski definition) is 6. The Kier molecular flexibility index (Phi) is 4.48. The van der Waals surface area contributed by atoms with E-state index in [1.54, 1.807) is 12.3 Å². The molecule has 3 aliphatic rings. The van der Waals surface area contributed by atoms with Crippen LogP contribution in [-0.4, -0.2) is 47.9 Å². The van der Waals surface area contributed by atoms with Crippen molar-refractivity contribution in [1.29, 1.82) is 0 Å². The highest BCUT2D eigenvalue weighted by Crippen LogP contribution is 2.38. The third-order valence-electron chi connectivity index (χ3n) is 5.68. The number of carbonyl (C=O) groups excluding carboxylic acids is 1. The molecule has 0 atom stereocenters. The molecule has 0 bridgehead atoms. The number of likely N-dealkylation sites (tertiary alicyclic amines) is 1. The summed E-state index contributed by atoms with van der Waals surface area (Å²) in [5, 5.41) is 6.25. The van der Waals surface area contributed by atoms with Gasteiger partial charge in [-0.05, 0) is 38.3 Å². The number of piperidine rings is 1. The molecule has 2 fully saturated rings. The number of hydrogen-bond donors (Lipinski definition) is 3. The Hall–Kier alpha value is -3.01. The van der Waals surface area contributed by atoms with Crippen LogP contribution in [-0.2, 0) is 4.79 Å². The zero-order valence-corrected chi connectivity index (χ0v) is 15.5. The molecular weight excluding hydrogens is 340 g/mol. The Balaban J connectivity index is 1.53. The van der Waals surface area contributed by atoms with E-state index in [-0.39, 0.29) is 11.3 Å². The fourth-order valence-electron chi connectivity index (χ4n) is 3.93. The normalized spacial score (nSPS) is 21.3. The smallest absolute Gasteiger partial charge is 0.226 e. The van der Waals surface area contributed by atoms with Crippen LogP contribution in [0.25, 0.3) is 0 Å². The van der Waals surface area contributed by atoms with Crippen molar-refractivity contribution >= 4 is 17.6 Å². The molecule has 2 saturated heterocycles. The molecule has 0 unspecified atom stereocenters. The molecule has 0 aromatic carbocycles. The topological polar surface area (TPSA) is 95.6 Å². The van der Waals surface area contributed by atoms with Crippen LogP contribution >= 0.6 is 0 Å². The Labute approximate surface area is 159 Å². The van der Waals surface area contributed by atoms with Gasteiger partial charge in [0.05, 0.1) is 11.0 Å². The molecule has 7 nitrogen and oxygen atoms in total. The number of carbonyl (C=O) groups is 1. The van der Waals surface area contributed by atoms with Gasteiger partial charge in [0, 0.05) is 37.1 Å². The number of nitrogens with one attached hydrogen (secondary N) is 2. The van der Waals surface area contributed by atoms with E-state index >= 15 is 0 Å². The lowest BCUT2D eigenvalue weighted by Crippen LogP contribution is -2.47. The van der Waals surface area contributed by atoms with Gasteiger partial charge in [0.2, 0.25) is 5.91 Å². The van der Waals surface area contributed by atoms with E-state index in [1.807, 2.05) is 13.0 Å². The average Bonchev–Trinajstić information content (AvgIpc) is 3.02. The lowest BCUT2D eigenvalue weighted by molar-refractivity contribution is -0.129. The van der Waals surface area contributed by atoms with Crippen LogP contribution in [0, 0.1) is 17.3 Å². The largest absolute Gasteiger partial charge is 0.384 e. The van der Waals surface area contributed by atoms with Crippen molar-refractivity contribution in [3.63, 3.8) is 0 Å². The molecule has 4 N–H and O–H groups in total. The van der Waals surface area contributed by atoms with Gasteiger partial charge in [0.25, 0.3) is 0 Å². The zero-order valence-electron chi connectivity index (χ0n) is 15.5. The highest BCUT2D eigenvalue weighted by molar-refractivity contribution is 6.03. The number of pyridine rings is 1. The maximum atomic E-state index is 12.2. The summed E-state index contributed by atoms with van der Waals surface area (Å²) in [7, 11) is 0. The van der Waals surface area contributed by atoms with Crippen molar-refractivity contribution in [2.24, 2.45) is 10.4 Å². The van der Waals surface area contributed by atoms with Gasteiger partial charge < -0.3 is 21.3 Å². The molecule has 140 valence electrons. The van der Waals surface area contributed by atoms with Gasteiger partial charge in [-0.25, -0.2) is 9.98 Å². The van der Waals surface area contributed by atoms with E-state index in [0.29, 0.717) is 12.5 Å². The quantitative estimate of drug-likeness (QED) is 0.593. The number of amides is 1. The van der Waals surface area contributed by atoms with Crippen molar-refractivity contribution < 1.29 is 4.79 Å². The Morgan fingerprint density at radius 2 is 2.00 bits per heavy atom. The second-order valence-electron chi connectivity index (χ2n) is 7.31. The van der Waals surface area contributed by atoms with E-state index in [0.717, 1.165) is 61.6 Å². The molecule has 4 rings (SSSR count). The minimum Gasteiger partial charge on any atom is -0.384 e. The summed E-state index contributed by atoms with van der Waals surface area (Å²) in [5.74, 6) is 8.05. The van der Waals surface area contributed by atoms with Gasteiger partial charge in [0.1, 0.15) is 18.3 Å². The highest BCUT2D eigenvalue weighted by atomic mass is 16.2. The molecule has 1 amide bonds. The maximum Gasteiger partial charge on any atom is 0.226 e. The first kappa shape index (κ1) is 17.4. The number of nitrogens with two attached hydrogens (primary N) is 1. The molecular formula is C20H24N6O. The minimum absolute atomic E-state index is 0.176. The van der Waals surface area contributed by atoms with Crippen LogP contribution in [0.1, 0.15) is 31.7 Å². The third kappa shape index (κ3) is 3.35. The lowest BCUT2D eigenvalue weighted by Gasteiger charge is -2.39. The van der Waals surface area contributed by atoms with Crippen LogP contribution in [0.5, 0.6) is 0 Å². The minimum atomic E-state index is -0.176. The van der Waals surface area contributed by atoms with Crippen LogP contribution in [0.4, 0.5) is 5.82 Å². The van der Waals surface area contributed by atoms with E-state index in [1.165, 1.54) is 0 Å². The van der Waals surface area contributed by atoms with Crippen LogP contribution in [0.15, 0.2) is 34.6 Å². The molecule has 1 aromatic rings. The molecule has 0 aliphatic carbocycles. The van der Waals surface area contributed by atoms with Gasteiger partial charge in [-0.15, -0.1) is 0 Å². The summed E-state index contributed by atoms with van der Waals surface area (Å²) < 4.78 is 0. The summed E-state index contributed by atoms with van der Waals surface area (Å²) in [6.07, 6.45) is 4.36. The number of rotatable bonds is 0. The summed E-state index contributed by atoms with van der Waals surface area (Å²) in [4.78, 5) is 23.3. The van der Waals surface area contributed by atoms with Crippen LogP contribution < -0.4 is 16.4 Å². The Morgan fingerprint density at radius 3 is 2.67 bits per heavy atom. The standard InChI is InChI=1S/C20H24N6O/c1-14-16(4-2-15-3-5-17(21)23-12-15)18(25-13-24-14)26-10-7-20(8-11-26)6-9-22-19(20)27/h3,5,12,24H,6-11,13H2,1H3,(H2,21,23)(H,22,27). The predicted molar refractivity (Wildman–Crippen MR) is 105 cm³/mol. The summed E-state index contributed by atoms with van der Waals surface area (Å²) >= 11 is 0. The van der Waals surface area contributed by atoms with Gasteiger partial charge in [0.15, 0.2) is 0 Å². The first-order chi connectivity index (χ1) is 13.1. The van der Waals surface area contributed by atoms with Crippen LogP contribution in [0.2, 0.25) is 0 Å². The monoisotopic (exact) mass is 364 g/mol. The molecule has 1 aromatic heterocycles. The van der Waals surface area contributed by atoms with Crippen molar-refractivity contribution in [1.82, 2.24) is 20.5 Å². The first-order valence-corrected chi connectivity index (χ1v) is 9.34. The molecule has 0 saturated carbocycles. The molecule has 3 aliphatic heterocycles. The summed E-state index contributed by atoms with van der Waals surface area (Å²) in [6.45, 7) is 5.03. The van der Waals surface area contributed by atoms with Crippen molar-refractivity contribution in [3.8, 4) is 11.8 Å². The number of nitrogens with zero attached hydrogens (tertiary/aromatic N) is 3. The molecule has 4 heterocycles. The van der Waals surface area contributed by atoms with Crippen molar-refractivity contribution in [2.75, 3.05) is 32.0 Å². The average molecular weight is 364 g/mol. The summed E-state index contributed by atoms with van der Waals surface area (Å²) in [5.41, 5.74) is 8.20. The highest BCUT2D eigenvalue weighted by Gasteiger charge is 2.45. The second kappa shape index (κ2) is 6.95. The van der Waals surface area contributed by atoms with Gasteiger partial charge >= 0.3 is 0 Å². The van der Waals surface area contributed by atoms with E-state index < -0.39 is 0 Å². The zero-order chi connectivity index (χ0) is 18.9. The Morgan fingerprint density at radius 1 is 1.19 bits per heavy atom. The third-order valence-corrected chi connectivity index (χ3v) is 5.68. The number of anilines is 1. The van der Waals surface area contributed by atoms with E-state index in [2.05, 4.69) is 37.4 Å². The lowest BCUT2D eigenvalue weighted by atomic mass is 9.77. The molecule has 7 heteroatoms. The Bertz CT molecular complexity index is 866. The number of aliphatic imine (C=N–C) groups is 1. The summed E-state index contributed by atoms with van der Waals surface area (Å²) in [6, 6.07) is 3.61. The first-order valence-electron chi connectivity index (χ1n) is 9.34. The van der Waals surface area contributed by atoms with Gasteiger partial charge in [-0.3, -0.25) is 4.79 Å². The molecule has 1 spiro atoms. The van der Waals surface area contributed by atoms with Gasteiger partial charge in [-0.1, -0.05) is 11.8 Å². The fraction of sp³-hybridized carbons (Fsp3) is 0.450. The van der Waals surface area contributed by atoms with Gasteiger partial charge in [-0.2, -0.15) is 0 Å². The SMILES string of the molecule is CC1=C(C#Cc2ccc(N)nc2)C(N2CCC3(CCNC3=O)CC2)=NCN1. The van der Waals surface area contributed by atoms with E-state index in [4.69, 9.17) is 5.73 Å². The van der Waals surface area contributed by atoms with Crippen LogP contribution in [0.3, 0.4) is 0 Å². The second-order valence-corrected chi connectivity index (χ2v) is 7.31. The van der Waals surface area contributed by atoms with Crippen molar-refractivity contribution in [3.05, 3.63) is 35.2 Å². The maximum absolute atomic E-state index is 12.2. The molecule has 27 heavy (non-hydrogen) atoms. The number of nitrogen functional groups attached to an aromatic ring is 1. The number of amidine groups is 1.